The van der Waals surface area contributed by atoms with Crippen LogP contribution in [0.15, 0.2) is 58.2 Å². The number of amides is 1. The Kier molecular flexibility index (Phi) is 6.73. The van der Waals surface area contributed by atoms with Gasteiger partial charge in [0, 0.05) is 39.1 Å². The van der Waals surface area contributed by atoms with E-state index in [0.29, 0.717) is 23.9 Å². The number of hydrogen-bond donors (Lipinski definition) is 1. The fourth-order valence-corrected chi connectivity index (χ4v) is 5.66. The fourth-order valence-electron chi connectivity index (χ4n) is 3.91. The Hall–Kier alpha value is -2.89. The van der Waals surface area contributed by atoms with E-state index in [0.717, 1.165) is 12.1 Å². The monoisotopic (exact) mass is 490 g/mol. The van der Waals surface area contributed by atoms with Gasteiger partial charge in [-0.2, -0.15) is 4.31 Å². The van der Waals surface area contributed by atoms with Gasteiger partial charge in [-0.1, -0.05) is 12.1 Å². The van der Waals surface area contributed by atoms with Crippen molar-refractivity contribution in [2.45, 2.75) is 24.3 Å². The molecule has 1 aliphatic rings. The third-order valence-corrected chi connectivity index (χ3v) is 7.93. The van der Waals surface area contributed by atoms with Gasteiger partial charge < -0.3 is 9.88 Å². The van der Waals surface area contributed by atoms with Crippen molar-refractivity contribution in [3.63, 3.8) is 0 Å². The minimum absolute atomic E-state index is 0.0218. The predicted molar refractivity (Wildman–Crippen MR) is 124 cm³/mol. The summed E-state index contributed by atoms with van der Waals surface area (Å²) in [5.74, 6) is -0.683. The maximum Gasteiger partial charge on any atom is 0.262 e. The molecular formula is C22H23FN4O4S2. The molecule has 0 bridgehead atoms. The molecule has 2 heterocycles. The highest BCUT2D eigenvalue weighted by Gasteiger charge is 2.28. The average Bonchev–Trinajstić information content (AvgIpc) is 3.06. The zero-order valence-corrected chi connectivity index (χ0v) is 19.4. The van der Waals surface area contributed by atoms with Crippen LogP contribution in [0, 0.1) is 10.6 Å². The van der Waals surface area contributed by atoms with Gasteiger partial charge in [0.05, 0.1) is 15.8 Å². The second kappa shape index (κ2) is 9.54. The van der Waals surface area contributed by atoms with Crippen LogP contribution in [0.25, 0.3) is 10.9 Å². The number of fused-ring (bicyclic) bond motifs is 1. The Balaban J connectivity index is 1.42. The fraction of sp³-hybridized carbons (Fsp3) is 0.318. The maximum absolute atomic E-state index is 13.2. The third-order valence-electron chi connectivity index (χ3n) is 5.70. The molecule has 1 fully saturated rings. The molecule has 1 N–H and O–H groups in total. The zero-order valence-electron chi connectivity index (χ0n) is 17.7. The highest BCUT2D eigenvalue weighted by molar-refractivity contribution is 7.89. The van der Waals surface area contributed by atoms with Gasteiger partial charge in [-0.05, 0) is 55.0 Å². The second-order valence-electron chi connectivity index (χ2n) is 7.77. The van der Waals surface area contributed by atoms with E-state index < -0.39 is 15.8 Å². The summed E-state index contributed by atoms with van der Waals surface area (Å²) in [6.45, 7) is 1.18. The smallest absolute Gasteiger partial charge is 0.262 e. The minimum atomic E-state index is -3.77. The number of para-hydroxylation sites is 1. The van der Waals surface area contributed by atoms with Crippen molar-refractivity contribution < 1.29 is 17.6 Å². The van der Waals surface area contributed by atoms with E-state index in [2.05, 4.69) is 4.98 Å². The van der Waals surface area contributed by atoms with Crippen LogP contribution >= 0.6 is 12.2 Å². The molecule has 2 aromatic carbocycles. The molecule has 33 heavy (non-hydrogen) atoms. The molecule has 8 nitrogen and oxygen atoms in total. The van der Waals surface area contributed by atoms with Gasteiger partial charge in [-0.25, -0.2) is 12.8 Å². The highest BCUT2D eigenvalue weighted by Crippen LogP contribution is 2.18. The van der Waals surface area contributed by atoms with Crippen molar-refractivity contribution in [2.24, 2.45) is 0 Å². The first kappa shape index (κ1) is 23.3. The number of hydrogen-bond acceptors (Lipinski definition) is 5. The van der Waals surface area contributed by atoms with Crippen LogP contribution in [-0.4, -0.2) is 59.3 Å². The topological polar surface area (TPSA) is 95.5 Å². The summed E-state index contributed by atoms with van der Waals surface area (Å²) in [6.07, 6.45) is 0.544. The number of H-pyrrole nitrogens is 1. The number of sulfonamides is 1. The molecule has 174 valence electrons. The molecule has 0 saturated carbocycles. The average molecular weight is 491 g/mol. The van der Waals surface area contributed by atoms with Crippen LogP contribution < -0.4 is 5.56 Å². The summed E-state index contributed by atoms with van der Waals surface area (Å²) in [7, 11) is -3.77. The van der Waals surface area contributed by atoms with E-state index in [1.807, 2.05) is 0 Å². The number of aromatic nitrogens is 2. The lowest BCUT2D eigenvalue weighted by molar-refractivity contribution is -0.131. The van der Waals surface area contributed by atoms with E-state index in [-0.39, 0.29) is 53.7 Å². The molecule has 4 rings (SSSR count). The van der Waals surface area contributed by atoms with Gasteiger partial charge >= 0.3 is 0 Å². The van der Waals surface area contributed by atoms with Crippen LogP contribution in [0.3, 0.4) is 0 Å². The van der Waals surface area contributed by atoms with Crippen molar-refractivity contribution in [1.82, 2.24) is 18.8 Å². The number of aromatic amines is 1. The number of halogens is 1. The lowest BCUT2D eigenvalue weighted by Crippen LogP contribution is -2.38. The largest absolute Gasteiger partial charge is 0.341 e. The predicted octanol–water partition coefficient (Wildman–Crippen LogP) is 2.51. The number of carbonyl (C=O) groups is 1. The Bertz CT molecular complexity index is 1400. The van der Waals surface area contributed by atoms with Gasteiger partial charge in [-0.15, -0.1) is 0 Å². The van der Waals surface area contributed by atoms with Crippen LogP contribution in [0.1, 0.15) is 12.8 Å². The maximum atomic E-state index is 13.2. The van der Waals surface area contributed by atoms with Crippen molar-refractivity contribution in [2.75, 3.05) is 26.2 Å². The van der Waals surface area contributed by atoms with Gasteiger partial charge in [0.2, 0.25) is 15.9 Å². The minimum Gasteiger partial charge on any atom is -0.341 e. The summed E-state index contributed by atoms with van der Waals surface area (Å²) in [5, 5.41) is 0.495. The summed E-state index contributed by atoms with van der Waals surface area (Å²) >= 11 is 5.29. The normalized spacial score (nSPS) is 15.5. The van der Waals surface area contributed by atoms with Gasteiger partial charge in [0.1, 0.15) is 5.82 Å². The van der Waals surface area contributed by atoms with Crippen LogP contribution in [0.5, 0.6) is 0 Å². The molecule has 0 atom stereocenters. The van der Waals surface area contributed by atoms with Crippen LogP contribution in [0.2, 0.25) is 0 Å². The molecule has 11 heteroatoms. The van der Waals surface area contributed by atoms with Crippen molar-refractivity contribution in [3.05, 3.63) is 69.5 Å². The van der Waals surface area contributed by atoms with E-state index in [1.54, 1.807) is 29.2 Å². The molecule has 1 aromatic heterocycles. The Morgan fingerprint density at radius 2 is 1.76 bits per heavy atom. The molecule has 0 aliphatic carbocycles. The first-order valence-electron chi connectivity index (χ1n) is 10.5. The molecule has 0 radical (unpaired) electrons. The summed E-state index contributed by atoms with van der Waals surface area (Å²) in [4.78, 5) is 30.2. The molecule has 0 unspecified atom stereocenters. The molecule has 3 aromatic rings. The lowest BCUT2D eigenvalue weighted by atomic mass is 10.2. The summed E-state index contributed by atoms with van der Waals surface area (Å²) in [6, 6.07) is 11.7. The molecule has 1 amide bonds. The molecular weight excluding hydrogens is 467 g/mol. The zero-order chi connectivity index (χ0) is 23.6. The highest BCUT2D eigenvalue weighted by atomic mass is 32.2. The van der Waals surface area contributed by atoms with Crippen molar-refractivity contribution in [3.8, 4) is 0 Å². The Morgan fingerprint density at radius 1 is 1.03 bits per heavy atom. The second-order valence-corrected chi connectivity index (χ2v) is 10.1. The Morgan fingerprint density at radius 3 is 2.52 bits per heavy atom. The van der Waals surface area contributed by atoms with Crippen LogP contribution in [-0.2, 0) is 21.4 Å². The standard InChI is InChI=1S/C22H23FN4O4S2/c23-16-6-8-17(9-7-16)33(30,31)26-12-3-11-25(14-15-26)20(28)10-13-27-21(29)18-4-1-2-5-19(18)24-22(27)32/h1-2,4-9H,3,10-15H2,(H,24,32). The summed E-state index contributed by atoms with van der Waals surface area (Å²) < 4.78 is 41.8. The van der Waals surface area contributed by atoms with Gasteiger partial charge in [-0.3, -0.25) is 14.2 Å². The number of nitrogens with zero attached hydrogens (tertiary/aromatic N) is 3. The van der Waals surface area contributed by atoms with Crippen molar-refractivity contribution >= 4 is 39.1 Å². The Labute approximate surface area is 195 Å². The SMILES string of the molecule is O=C(CCn1c(=S)[nH]c2ccccc2c1=O)N1CCCN(S(=O)(=O)c2ccc(F)cc2)CC1. The molecule has 1 aliphatic heterocycles. The molecule has 1 saturated heterocycles. The number of nitrogens with one attached hydrogen (secondary N) is 1. The lowest BCUT2D eigenvalue weighted by Gasteiger charge is -2.22. The van der Waals surface area contributed by atoms with Crippen molar-refractivity contribution in [1.29, 1.82) is 0 Å². The number of benzene rings is 2. The first-order chi connectivity index (χ1) is 15.8. The summed E-state index contributed by atoms with van der Waals surface area (Å²) in [5.41, 5.74) is 0.389. The van der Waals surface area contributed by atoms with Gasteiger partial charge in [0.25, 0.3) is 5.56 Å². The van der Waals surface area contributed by atoms with Crippen LogP contribution in [0.4, 0.5) is 4.39 Å². The van der Waals surface area contributed by atoms with E-state index >= 15 is 0 Å². The van der Waals surface area contributed by atoms with E-state index in [4.69, 9.17) is 12.2 Å². The first-order valence-corrected chi connectivity index (χ1v) is 12.4. The third kappa shape index (κ3) is 4.90. The quantitative estimate of drug-likeness (QED) is 0.555. The number of carbonyl (C=O) groups excluding carboxylic acids is 1. The van der Waals surface area contributed by atoms with E-state index in [9.17, 15) is 22.4 Å². The van der Waals surface area contributed by atoms with Gasteiger partial charge in [0.15, 0.2) is 4.77 Å². The molecule has 0 spiro atoms. The number of rotatable bonds is 5. The van der Waals surface area contributed by atoms with E-state index in [1.165, 1.54) is 21.0 Å².